The molecule has 0 bridgehead atoms. The van der Waals surface area contributed by atoms with Crippen LogP contribution in [0, 0.1) is 3.57 Å². The summed E-state index contributed by atoms with van der Waals surface area (Å²) < 4.78 is 22.6. The van der Waals surface area contributed by atoms with Crippen LogP contribution in [0.1, 0.15) is 21.5 Å². The highest BCUT2D eigenvalue weighted by Gasteiger charge is 2.15. The summed E-state index contributed by atoms with van der Waals surface area (Å²) in [6.45, 7) is 0.457. The molecule has 33 heavy (non-hydrogen) atoms. The van der Waals surface area contributed by atoms with Crippen molar-refractivity contribution in [3.8, 4) is 23.0 Å². The third-order valence-corrected chi connectivity index (χ3v) is 6.09. The summed E-state index contributed by atoms with van der Waals surface area (Å²) in [5, 5.41) is 4.62. The minimum absolute atomic E-state index is 0.208. The van der Waals surface area contributed by atoms with Crippen LogP contribution in [0.25, 0.3) is 0 Å². The molecule has 0 aliphatic carbocycles. The van der Waals surface area contributed by atoms with Crippen molar-refractivity contribution in [2.24, 2.45) is 5.10 Å². The zero-order valence-electron chi connectivity index (χ0n) is 17.2. The van der Waals surface area contributed by atoms with Crippen LogP contribution in [0.3, 0.4) is 0 Å². The second kappa shape index (κ2) is 10.5. The van der Waals surface area contributed by atoms with Crippen LogP contribution < -0.4 is 24.4 Å². The van der Waals surface area contributed by atoms with Gasteiger partial charge in [0.1, 0.15) is 12.4 Å². The molecule has 0 atom stereocenters. The zero-order chi connectivity index (χ0) is 23.4. The van der Waals surface area contributed by atoms with Gasteiger partial charge in [0, 0.05) is 5.56 Å². The van der Waals surface area contributed by atoms with Gasteiger partial charge in [-0.2, -0.15) is 5.10 Å². The Balaban J connectivity index is 1.39. The Labute approximate surface area is 213 Å². The lowest BCUT2D eigenvalue weighted by molar-refractivity contribution is 0.0954. The third kappa shape index (κ3) is 5.63. The molecule has 10 heteroatoms. The first kappa shape index (κ1) is 23.5. The second-order valence-corrected chi connectivity index (χ2v) is 8.82. The fourth-order valence-electron chi connectivity index (χ4n) is 3.01. The molecule has 1 aliphatic heterocycles. The average molecular weight is 599 g/mol. The molecule has 7 nitrogen and oxygen atoms in total. The number of carbonyl (C=O) groups is 1. The number of halogens is 3. The SMILES string of the molecule is COc1cc(C(=O)N/N=C\c2cc(Cl)c(OCc3ccc4c(c3)OCO4)c(Cl)c2)ccc1I. The quantitative estimate of drug-likeness (QED) is 0.215. The molecule has 0 spiro atoms. The summed E-state index contributed by atoms with van der Waals surface area (Å²) in [5.41, 5.74) is 4.38. The lowest BCUT2D eigenvalue weighted by atomic mass is 10.2. The molecule has 4 rings (SSSR count). The summed E-state index contributed by atoms with van der Waals surface area (Å²) in [6, 6.07) is 14.0. The number of hydrogen-bond acceptors (Lipinski definition) is 6. The first-order valence-corrected chi connectivity index (χ1v) is 11.5. The number of hydrazone groups is 1. The van der Waals surface area contributed by atoms with E-state index in [1.165, 1.54) is 6.21 Å². The van der Waals surface area contributed by atoms with Gasteiger partial charge in [-0.1, -0.05) is 29.3 Å². The Kier molecular flexibility index (Phi) is 7.46. The number of ether oxygens (including phenoxy) is 4. The first-order chi connectivity index (χ1) is 15.9. The summed E-state index contributed by atoms with van der Waals surface area (Å²) >= 11 is 14.9. The van der Waals surface area contributed by atoms with E-state index < -0.39 is 0 Å². The number of carbonyl (C=O) groups excluding carboxylic acids is 1. The van der Waals surface area contributed by atoms with Gasteiger partial charge < -0.3 is 18.9 Å². The topological polar surface area (TPSA) is 78.4 Å². The largest absolute Gasteiger partial charge is 0.496 e. The molecular weight excluding hydrogens is 582 g/mol. The van der Waals surface area contributed by atoms with Crippen molar-refractivity contribution in [2.75, 3.05) is 13.9 Å². The van der Waals surface area contributed by atoms with Crippen LogP contribution in [0.15, 0.2) is 53.6 Å². The lowest BCUT2D eigenvalue weighted by Crippen LogP contribution is -2.17. The molecule has 1 N–H and O–H groups in total. The molecule has 0 unspecified atom stereocenters. The summed E-state index contributed by atoms with van der Waals surface area (Å²) in [4.78, 5) is 12.3. The Morgan fingerprint density at radius 3 is 2.64 bits per heavy atom. The molecule has 1 aliphatic rings. The monoisotopic (exact) mass is 598 g/mol. The van der Waals surface area contributed by atoms with E-state index in [1.807, 2.05) is 18.2 Å². The normalized spacial score (nSPS) is 12.1. The van der Waals surface area contributed by atoms with Gasteiger partial charge in [0.25, 0.3) is 5.91 Å². The number of methoxy groups -OCH3 is 1. The zero-order valence-corrected chi connectivity index (χ0v) is 20.9. The van der Waals surface area contributed by atoms with Crippen LogP contribution in [0.4, 0.5) is 0 Å². The Hall–Kier alpha value is -2.69. The molecule has 0 aromatic heterocycles. The molecule has 0 fully saturated rings. The molecule has 170 valence electrons. The number of hydrogen-bond donors (Lipinski definition) is 1. The van der Waals surface area contributed by atoms with E-state index in [-0.39, 0.29) is 19.3 Å². The van der Waals surface area contributed by atoms with E-state index >= 15 is 0 Å². The highest BCUT2D eigenvalue weighted by Crippen LogP contribution is 2.36. The number of amides is 1. The van der Waals surface area contributed by atoms with Gasteiger partial charge in [0.05, 0.1) is 26.9 Å². The second-order valence-electron chi connectivity index (χ2n) is 6.84. The van der Waals surface area contributed by atoms with Gasteiger partial charge in [0.15, 0.2) is 17.2 Å². The van der Waals surface area contributed by atoms with Gasteiger partial charge >= 0.3 is 0 Å². The van der Waals surface area contributed by atoms with E-state index in [2.05, 4.69) is 33.1 Å². The van der Waals surface area contributed by atoms with Crippen LogP contribution >= 0.6 is 45.8 Å². The van der Waals surface area contributed by atoms with Gasteiger partial charge in [-0.3, -0.25) is 4.79 Å². The predicted octanol–water partition coefficient (Wildman–Crippen LogP) is 5.68. The number of nitrogens with one attached hydrogen (secondary N) is 1. The van der Waals surface area contributed by atoms with Crippen molar-refractivity contribution in [1.82, 2.24) is 5.43 Å². The van der Waals surface area contributed by atoms with E-state index in [9.17, 15) is 4.79 Å². The van der Waals surface area contributed by atoms with Crippen LogP contribution in [-0.2, 0) is 6.61 Å². The van der Waals surface area contributed by atoms with Crippen molar-refractivity contribution in [1.29, 1.82) is 0 Å². The molecule has 0 saturated carbocycles. The van der Waals surface area contributed by atoms with E-state index in [0.717, 1.165) is 9.13 Å². The Morgan fingerprint density at radius 2 is 1.88 bits per heavy atom. The van der Waals surface area contributed by atoms with Crippen molar-refractivity contribution in [3.63, 3.8) is 0 Å². The Morgan fingerprint density at radius 1 is 1.12 bits per heavy atom. The van der Waals surface area contributed by atoms with E-state index in [4.69, 9.17) is 42.1 Å². The molecule has 0 saturated heterocycles. The van der Waals surface area contributed by atoms with Crippen molar-refractivity contribution >= 4 is 57.9 Å². The number of nitrogens with zero attached hydrogens (tertiary/aromatic N) is 1. The van der Waals surface area contributed by atoms with Crippen LogP contribution in [-0.4, -0.2) is 26.0 Å². The molecule has 1 heterocycles. The average Bonchev–Trinajstić information content (AvgIpc) is 3.26. The summed E-state index contributed by atoms with van der Waals surface area (Å²) in [5.74, 6) is 1.96. The predicted molar refractivity (Wildman–Crippen MR) is 134 cm³/mol. The fourth-order valence-corrected chi connectivity index (χ4v) is 4.18. The van der Waals surface area contributed by atoms with Gasteiger partial charge in [-0.05, 0) is 76.2 Å². The molecule has 0 radical (unpaired) electrons. The molecular formula is C23H17Cl2IN2O5. The third-order valence-electron chi connectivity index (χ3n) is 4.63. The van der Waals surface area contributed by atoms with Gasteiger partial charge in [0.2, 0.25) is 6.79 Å². The smallest absolute Gasteiger partial charge is 0.271 e. The van der Waals surface area contributed by atoms with Crippen LogP contribution in [0.5, 0.6) is 23.0 Å². The lowest BCUT2D eigenvalue weighted by Gasteiger charge is -2.11. The van der Waals surface area contributed by atoms with Crippen molar-refractivity contribution in [3.05, 3.63) is 78.8 Å². The molecule has 3 aromatic rings. The highest BCUT2D eigenvalue weighted by atomic mass is 127. The number of benzene rings is 3. The van der Waals surface area contributed by atoms with Gasteiger partial charge in [-0.15, -0.1) is 0 Å². The van der Waals surface area contributed by atoms with Crippen molar-refractivity contribution < 1.29 is 23.7 Å². The maximum Gasteiger partial charge on any atom is 0.271 e. The van der Waals surface area contributed by atoms with Gasteiger partial charge in [-0.25, -0.2) is 5.43 Å². The molecule has 1 amide bonds. The maximum atomic E-state index is 12.3. The standard InChI is InChI=1S/C23H17Cl2IN2O5/c1-30-20-9-15(3-4-18(20)26)23(29)28-27-10-14-6-16(24)22(17(25)7-14)31-11-13-2-5-19-21(8-13)33-12-32-19/h2-10H,11-12H2,1H3,(H,28,29)/b27-10-. The number of fused-ring (bicyclic) bond motifs is 1. The van der Waals surface area contributed by atoms with Crippen LogP contribution in [0.2, 0.25) is 10.0 Å². The van der Waals surface area contributed by atoms with E-state index in [1.54, 1.807) is 37.4 Å². The summed E-state index contributed by atoms with van der Waals surface area (Å²) in [7, 11) is 1.55. The minimum atomic E-state index is -0.373. The maximum absolute atomic E-state index is 12.3. The summed E-state index contributed by atoms with van der Waals surface area (Å²) in [6.07, 6.45) is 1.45. The van der Waals surface area contributed by atoms with Crippen molar-refractivity contribution in [2.45, 2.75) is 6.61 Å². The molecule has 3 aromatic carbocycles. The minimum Gasteiger partial charge on any atom is -0.496 e. The highest BCUT2D eigenvalue weighted by molar-refractivity contribution is 14.1. The van der Waals surface area contributed by atoms with E-state index in [0.29, 0.717) is 44.2 Å². The Bertz CT molecular complexity index is 1210. The number of rotatable bonds is 7. The fraction of sp³-hybridized carbons (Fsp3) is 0.130. The first-order valence-electron chi connectivity index (χ1n) is 9.62.